The standard InChI is InChI=1S/C20H21F3N4S/c1-12(2)18-16-10-13-4-5-14(28-3)11-15(13)26(16)8-9-27(18)19-24-7-6-17(25-19)20(21,22)23/h4-7,10-12,18H,8-9H2,1-3H3. The zero-order valence-corrected chi connectivity index (χ0v) is 16.7. The van der Waals surface area contributed by atoms with Crippen LogP contribution in [-0.2, 0) is 12.7 Å². The van der Waals surface area contributed by atoms with Crippen LogP contribution in [0.3, 0.4) is 0 Å². The van der Waals surface area contributed by atoms with Crippen molar-refractivity contribution < 1.29 is 13.2 Å². The molecular weight excluding hydrogens is 385 g/mol. The van der Waals surface area contributed by atoms with E-state index in [1.807, 2.05) is 11.2 Å². The molecule has 8 heteroatoms. The van der Waals surface area contributed by atoms with Crippen LogP contribution >= 0.6 is 11.8 Å². The molecule has 3 aromatic rings. The zero-order valence-electron chi connectivity index (χ0n) is 15.9. The lowest BCUT2D eigenvalue weighted by Crippen LogP contribution is -2.41. The maximum Gasteiger partial charge on any atom is 0.433 e. The molecule has 0 saturated carbocycles. The highest BCUT2D eigenvalue weighted by Gasteiger charge is 2.36. The second-order valence-electron chi connectivity index (χ2n) is 7.27. The molecule has 1 unspecified atom stereocenters. The highest BCUT2D eigenvalue weighted by molar-refractivity contribution is 7.98. The molecule has 0 aliphatic carbocycles. The van der Waals surface area contributed by atoms with E-state index in [-0.39, 0.29) is 17.9 Å². The minimum atomic E-state index is -4.48. The van der Waals surface area contributed by atoms with E-state index < -0.39 is 11.9 Å². The van der Waals surface area contributed by atoms with E-state index in [0.717, 1.165) is 22.7 Å². The fourth-order valence-electron chi connectivity index (χ4n) is 3.95. The first-order chi connectivity index (χ1) is 13.3. The van der Waals surface area contributed by atoms with Crippen LogP contribution in [0.4, 0.5) is 19.1 Å². The quantitative estimate of drug-likeness (QED) is 0.546. The summed E-state index contributed by atoms with van der Waals surface area (Å²) in [6.07, 6.45) is -1.24. The summed E-state index contributed by atoms with van der Waals surface area (Å²) in [7, 11) is 0. The van der Waals surface area contributed by atoms with E-state index in [1.165, 1.54) is 11.1 Å². The van der Waals surface area contributed by atoms with Gasteiger partial charge in [0.05, 0.1) is 6.04 Å². The topological polar surface area (TPSA) is 34.0 Å². The number of anilines is 1. The smallest absolute Gasteiger partial charge is 0.341 e. The average Bonchev–Trinajstić information content (AvgIpc) is 3.04. The van der Waals surface area contributed by atoms with Gasteiger partial charge in [0.25, 0.3) is 0 Å². The van der Waals surface area contributed by atoms with Gasteiger partial charge in [-0.05, 0) is 36.4 Å². The summed E-state index contributed by atoms with van der Waals surface area (Å²) in [5.41, 5.74) is 1.35. The maximum atomic E-state index is 13.1. The summed E-state index contributed by atoms with van der Waals surface area (Å²) in [6, 6.07) is 9.34. The number of alkyl halides is 3. The summed E-state index contributed by atoms with van der Waals surface area (Å²) in [4.78, 5) is 11.1. The van der Waals surface area contributed by atoms with Gasteiger partial charge >= 0.3 is 6.18 Å². The van der Waals surface area contributed by atoms with Crippen LogP contribution in [0.5, 0.6) is 0 Å². The molecule has 4 nitrogen and oxygen atoms in total. The van der Waals surface area contributed by atoms with Gasteiger partial charge in [0.1, 0.15) is 5.69 Å². The van der Waals surface area contributed by atoms with Crippen molar-refractivity contribution in [3.8, 4) is 0 Å². The number of hydrogen-bond acceptors (Lipinski definition) is 4. The molecule has 0 radical (unpaired) electrons. The van der Waals surface area contributed by atoms with Crippen LogP contribution in [0.1, 0.15) is 31.3 Å². The number of fused-ring (bicyclic) bond motifs is 3. The van der Waals surface area contributed by atoms with Gasteiger partial charge in [-0.25, -0.2) is 9.97 Å². The molecule has 2 aromatic heterocycles. The van der Waals surface area contributed by atoms with E-state index in [1.54, 1.807) is 11.8 Å². The molecule has 0 saturated heterocycles. The maximum absolute atomic E-state index is 13.1. The third kappa shape index (κ3) is 3.23. The van der Waals surface area contributed by atoms with Crippen LogP contribution in [0.2, 0.25) is 0 Å². The average molecular weight is 406 g/mol. The molecular formula is C20H21F3N4S. The van der Waals surface area contributed by atoms with Gasteiger partial charge in [-0.1, -0.05) is 19.9 Å². The van der Waals surface area contributed by atoms with Crippen LogP contribution < -0.4 is 4.90 Å². The number of thioether (sulfide) groups is 1. The molecule has 0 spiro atoms. The first-order valence-electron chi connectivity index (χ1n) is 9.13. The molecule has 0 fully saturated rings. The summed E-state index contributed by atoms with van der Waals surface area (Å²) in [5, 5.41) is 1.14. The summed E-state index contributed by atoms with van der Waals surface area (Å²) >= 11 is 1.70. The van der Waals surface area contributed by atoms with Crippen molar-refractivity contribution in [3.63, 3.8) is 0 Å². The molecule has 28 heavy (non-hydrogen) atoms. The minimum absolute atomic E-state index is 0.0950. The molecule has 1 aliphatic heterocycles. The van der Waals surface area contributed by atoms with Crippen molar-refractivity contribution in [2.24, 2.45) is 5.92 Å². The second-order valence-corrected chi connectivity index (χ2v) is 8.15. The minimum Gasteiger partial charge on any atom is -0.341 e. The van der Waals surface area contributed by atoms with Crippen molar-refractivity contribution >= 4 is 28.6 Å². The van der Waals surface area contributed by atoms with Crippen molar-refractivity contribution in [1.82, 2.24) is 14.5 Å². The van der Waals surface area contributed by atoms with Gasteiger partial charge in [-0.15, -0.1) is 11.8 Å². The van der Waals surface area contributed by atoms with Crippen molar-refractivity contribution in [3.05, 3.63) is 47.9 Å². The Kier molecular flexibility index (Phi) is 4.77. The van der Waals surface area contributed by atoms with Gasteiger partial charge in [-0.2, -0.15) is 13.2 Å². The molecule has 1 aliphatic rings. The van der Waals surface area contributed by atoms with Crippen molar-refractivity contribution in [1.29, 1.82) is 0 Å². The Morgan fingerprint density at radius 2 is 1.93 bits per heavy atom. The van der Waals surface area contributed by atoms with Crippen molar-refractivity contribution in [2.75, 3.05) is 17.7 Å². The number of nitrogens with zero attached hydrogens (tertiary/aromatic N) is 4. The monoisotopic (exact) mass is 406 g/mol. The first-order valence-corrected chi connectivity index (χ1v) is 10.4. The predicted octanol–water partition coefficient (Wildman–Crippen LogP) is 5.39. The number of aromatic nitrogens is 3. The Bertz CT molecular complexity index is 1010. The van der Waals surface area contributed by atoms with Gasteiger partial charge < -0.3 is 9.47 Å². The Balaban J connectivity index is 1.81. The molecule has 1 aromatic carbocycles. The van der Waals surface area contributed by atoms with E-state index in [4.69, 9.17) is 0 Å². The van der Waals surface area contributed by atoms with Gasteiger partial charge in [-0.3, -0.25) is 0 Å². The fourth-order valence-corrected chi connectivity index (χ4v) is 4.39. The number of hydrogen-bond donors (Lipinski definition) is 0. The lowest BCUT2D eigenvalue weighted by atomic mass is 9.97. The third-order valence-corrected chi connectivity index (χ3v) is 5.89. The number of halogens is 3. The summed E-state index contributed by atoms with van der Waals surface area (Å²) in [5.74, 6) is 0.316. The molecule has 148 valence electrons. The largest absolute Gasteiger partial charge is 0.433 e. The second kappa shape index (κ2) is 6.99. The van der Waals surface area contributed by atoms with Crippen LogP contribution in [0, 0.1) is 5.92 Å². The van der Waals surface area contributed by atoms with Crippen LogP contribution in [0.15, 0.2) is 41.4 Å². The fraction of sp³-hybridized carbons (Fsp3) is 0.400. The first kappa shape index (κ1) is 19.1. The Morgan fingerprint density at radius 3 is 2.61 bits per heavy atom. The van der Waals surface area contributed by atoms with E-state index in [9.17, 15) is 13.2 Å². The summed E-state index contributed by atoms with van der Waals surface area (Å²) < 4.78 is 41.7. The highest BCUT2D eigenvalue weighted by atomic mass is 32.2. The van der Waals surface area contributed by atoms with E-state index >= 15 is 0 Å². The SMILES string of the molecule is CSc1ccc2cc3n(c2c1)CCN(c1nccc(C(F)(F)F)n1)C3C(C)C. The van der Waals surface area contributed by atoms with Gasteiger partial charge in [0.2, 0.25) is 5.95 Å². The molecule has 0 amide bonds. The highest BCUT2D eigenvalue weighted by Crippen LogP contribution is 2.39. The van der Waals surface area contributed by atoms with E-state index in [0.29, 0.717) is 13.1 Å². The van der Waals surface area contributed by atoms with Gasteiger partial charge in [0, 0.05) is 40.8 Å². The molecule has 1 atom stereocenters. The summed E-state index contributed by atoms with van der Waals surface area (Å²) in [6.45, 7) is 5.39. The predicted molar refractivity (Wildman–Crippen MR) is 106 cm³/mol. The normalized spacial score (nSPS) is 17.4. The zero-order chi connectivity index (χ0) is 20.1. The molecule has 3 heterocycles. The molecule has 0 bridgehead atoms. The molecule has 0 N–H and O–H groups in total. The van der Waals surface area contributed by atoms with Crippen molar-refractivity contribution in [2.45, 2.75) is 37.5 Å². The lowest BCUT2D eigenvalue weighted by molar-refractivity contribution is -0.141. The van der Waals surface area contributed by atoms with Crippen LogP contribution in [-0.4, -0.2) is 27.3 Å². The number of benzene rings is 1. The number of rotatable bonds is 3. The Labute approximate surface area is 165 Å². The van der Waals surface area contributed by atoms with Gasteiger partial charge in [0.15, 0.2) is 0 Å². The van der Waals surface area contributed by atoms with Crippen LogP contribution in [0.25, 0.3) is 10.9 Å². The Hall–Kier alpha value is -2.22. The molecule has 4 rings (SSSR count). The third-order valence-electron chi connectivity index (χ3n) is 5.17. The Morgan fingerprint density at radius 1 is 1.14 bits per heavy atom. The van der Waals surface area contributed by atoms with E-state index in [2.05, 4.69) is 52.6 Å². The lowest BCUT2D eigenvalue weighted by Gasteiger charge is -2.39.